The molecule has 0 saturated carbocycles. The SMILES string of the molecule is Nc1ncnc2c1CC(=O)N2c1ccc(S(=O)(=O)Nc2ccnn2-c2ccccc2)cc1. The van der Waals surface area contributed by atoms with E-state index in [9.17, 15) is 13.2 Å². The number of benzene rings is 2. The molecule has 11 heteroatoms. The monoisotopic (exact) mass is 447 g/mol. The van der Waals surface area contributed by atoms with Gasteiger partial charge in [0.2, 0.25) is 5.91 Å². The van der Waals surface area contributed by atoms with E-state index >= 15 is 0 Å². The Labute approximate surface area is 183 Å². The van der Waals surface area contributed by atoms with Crippen molar-refractivity contribution in [2.45, 2.75) is 11.3 Å². The molecule has 0 fully saturated rings. The smallest absolute Gasteiger partial charge is 0.263 e. The molecular formula is C21H17N7O3S. The quantitative estimate of drug-likeness (QED) is 0.479. The van der Waals surface area contributed by atoms with Crippen molar-refractivity contribution >= 4 is 39.1 Å². The molecule has 10 nitrogen and oxygen atoms in total. The lowest BCUT2D eigenvalue weighted by atomic mass is 10.2. The first-order valence-electron chi connectivity index (χ1n) is 9.59. The molecule has 2 aromatic heterocycles. The molecule has 0 unspecified atom stereocenters. The number of nitrogens with one attached hydrogen (secondary N) is 1. The molecule has 0 radical (unpaired) electrons. The fraction of sp³-hybridized carbons (Fsp3) is 0.0476. The van der Waals surface area contributed by atoms with Crippen molar-refractivity contribution in [2.75, 3.05) is 15.4 Å². The Bertz CT molecular complexity index is 1420. The van der Waals surface area contributed by atoms with Crippen LogP contribution in [0.2, 0.25) is 0 Å². The summed E-state index contributed by atoms with van der Waals surface area (Å²) in [6, 6.07) is 16.7. The van der Waals surface area contributed by atoms with Gasteiger partial charge in [-0.3, -0.25) is 14.4 Å². The summed E-state index contributed by atoms with van der Waals surface area (Å²) in [6.45, 7) is 0. The van der Waals surface area contributed by atoms with Gasteiger partial charge in [-0.25, -0.2) is 23.1 Å². The second-order valence-electron chi connectivity index (χ2n) is 7.03. The first kappa shape index (κ1) is 19.7. The summed E-state index contributed by atoms with van der Waals surface area (Å²) in [5.74, 6) is 0.746. The molecule has 160 valence electrons. The van der Waals surface area contributed by atoms with Crippen LogP contribution in [-0.4, -0.2) is 34.1 Å². The number of hydrogen-bond donors (Lipinski definition) is 2. The maximum atomic E-state index is 13.0. The highest BCUT2D eigenvalue weighted by atomic mass is 32.2. The Morgan fingerprint density at radius 3 is 2.44 bits per heavy atom. The van der Waals surface area contributed by atoms with Crippen molar-refractivity contribution in [1.82, 2.24) is 19.7 Å². The second kappa shape index (κ2) is 7.46. The van der Waals surface area contributed by atoms with Crippen LogP contribution in [0.5, 0.6) is 0 Å². The molecule has 3 N–H and O–H groups in total. The number of carbonyl (C=O) groups is 1. The number of carbonyl (C=O) groups excluding carboxylic acids is 1. The first-order valence-corrected chi connectivity index (χ1v) is 11.1. The number of anilines is 4. The number of nitrogen functional groups attached to an aromatic ring is 1. The molecule has 1 aliphatic rings. The fourth-order valence-electron chi connectivity index (χ4n) is 3.52. The average Bonchev–Trinajstić information content (AvgIpc) is 3.38. The fourth-order valence-corrected chi connectivity index (χ4v) is 4.56. The summed E-state index contributed by atoms with van der Waals surface area (Å²) in [6.07, 6.45) is 2.89. The van der Waals surface area contributed by atoms with E-state index < -0.39 is 10.0 Å². The largest absolute Gasteiger partial charge is 0.383 e. The van der Waals surface area contributed by atoms with Gasteiger partial charge in [0.15, 0.2) is 0 Å². The summed E-state index contributed by atoms with van der Waals surface area (Å²) < 4.78 is 30.0. The molecule has 5 rings (SSSR count). The number of aromatic nitrogens is 4. The average molecular weight is 447 g/mol. The number of para-hydroxylation sites is 1. The van der Waals surface area contributed by atoms with Gasteiger partial charge in [0, 0.05) is 11.6 Å². The summed E-state index contributed by atoms with van der Waals surface area (Å²) in [4.78, 5) is 22.0. The van der Waals surface area contributed by atoms with Gasteiger partial charge in [0.05, 0.1) is 28.9 Å². The highest BCUT2D eigenvalue weighted by Gasteiger charge is 2.32. The topological polar surface area (TPSA) is 136 Å². The minimum absolute atomic E-state index is 0.0381. The predicted octanol–water partition coefficient (Wildman–Crippen LogP) is 2.27. The lowest BCUT2D eigenvalue weighted by Crippen LogP contribution is -2.21. The Balaban J connectivity index is 1.42. The molecule has 0 saturated heterocycles. The summed E-state index contributed by atoms with van der Waals surface area (Å²) in [5.41, 5.74) is 7.62. The number of sulfonamides is 1. The minimum Gasteiger partial charge on any atom is -0.383 e. The summed E-state index contributed by atoms with van der Waals surface area (Å²) >= 11 is 0. The van der Waals surface area contributed by atoms with Gasteiger partial charge in [-0.1, -0.05) is 18.2 Å². The van der Waals surface area contributed by atoms with E-state index in [2.05, 4.69) is 19.8 Å². The highest BCUT2D eigenvalue weighted by Crippen LogP contribution is 2.35. The molecule has 0 bridgehead atoms. The molecule has 1 aliphatic heterocycles. The highest BCUT2D eigenvalue weighted by molar-refractivity contribution is 7.92. The lowest BCUT2D eigenvalue weighted by molar-refractivity contribution is -0.116. The second-order valence-corrected chi connectivity index (χ2v) is 8.71. The molecule has 32 heavy (non-hydrogen) atoms. The van der Waals surface area contributed by atoms with Crippen LogP contribution in [-0.2, 0) is 21.2 Å². The number of amides is 1. The van der Waals surface area contributed by atoms with Crippen LogP contribution in [0.1, 0.15) is 5.56 Å². The zero-order valence-corrected chi connectivity index (χ0v) is 17.4. The van der Waals surface area contributed by atoms with Crippen LogP contribution in [0.3, 0.4) is 0 Å². The molecule has 1 amide bonds. The van der Waals surface area contributed by atoms with Crippen molar-refractivity contribution in [1.29, 1.82) is 0 Å². The van der Waals surface area contributed by atoms with E-state index in [0.29, 0.717) is 22.9 Å². The van der Waals surface area contributed by atoms with Crippen LogP contribution >= 0.6 is 0 Å². The van der Waals surface area contributed by atoms with E-state index in [-0.39, 0.29) is 23.0 Å². The number of hydrogen-bond acceptors (Lipinski definition) is 7. The Morgan fingerprint density at radius 2 is 1.69 bits per heavy atom. The molecule has 4 aromatic rings. The zero-order chi connectivity index (χ0) is 22.3. The Morgan fingerprint density at radius 1 is 0.938 bits per heavy atom. The molecule has 0 atom stereocenters. The van der Waals surface area contributed by atoms with E-state index in [1.165, 1.54) is 34.2 Å². The molecule has 3 heterocycles. The Hall–Kier alpha value is -4.25. The maximum Gasteiger partial charge on any atom is 0.263 e. The van der Waals surface area contributed by atoms with Crippen molar-refractivity contribution in [3.05, 3.63) is 78.8 Å². The first-order chi connectivity index (χ1) is 15.4. The van der Waals surface area contributed by atoms with Crippen molar-refractivity contribution in [3.63, 3.8) is 0 Å². The standard InChI is InChI=1S/C21H17N7O3S/c22-20-17-12-19(29)27(21(17)24-13-23-20)14-6-8-16(9-7-14)32(30,31)26-18-10-11-25-28(18)15-4-2-1-3-5-15/h1-11,13,26H,12H2,(H2,22,23,24). The van der Waals surface area contributed by atoms with Crippen LogP contribution < -0.4 is 15.4 Å². The van der Waals surface area contributed by atoms with Crippen LogP contribution in [0.4, 0.5) is 23.1 Å². The van der Waals surface area contributed by atoms with Gasteiger partial charge in [-0.05, 0) is 36.4 Å². The third-order valence-corrected chi connectivity index (χ3v) is 6.40. The summed E-state index contributed by atoms with van der Waals surface area (Å²) in [7, 11) is -3.89. The van der Waals surface area contributed by atoms with Gasteiger partial charge in [0.25, 0.3) is 10.0 Å². The van der Waals surface area contributed by atoms with E-state index in [1.54, 1.807) is 18.2 Å². The molecule has 0 aliphatic carbocycles. The van der Waals surface area contributed by atoms with Crippen molar-refractivity contribution in [2.24, 2.45) is 0 Å². The van der Waals surface area contributed by atoms with Crippen LogP contribution in [0.25, 0.3) is 5.69 Å². The third-order valence-electron chi connectivity index (χ3n) is 5.03. The van der Waals surface area contributed by atoms with Crippen LogP contribution in [0, 0.1) is 0 Å². The predicted molar refractivity (Wildman–Crippen MR) is 118 cm³/mol. The van der Waals surface area contributed by atoms with Crippen LogP contribution in [0.15, 0.2) is 78.1 Å². The van der Waals surface area contributed by atoms with Gasteiger partial charge >= 0.3 is 0 Å². The molecule has 2 aromatic carbocycles. The van der Waals surface area contributed by atoms with Gasteiger partial charge in [-0.15, -0.1) is 0 Å². The van der Waals surface area contributed by atoms with Crippen molar-refractivity contribution < 1.29 is 13.2 Å². The number of fused-ring (bicyclic) bond motifs is 1. The van der Waals surface area contributed by atoms with E-state index in [4.69, 9.17) is 5.73 Å². The maximum absolute atomic E-state index is 13.0. The Kier molecular flexibility index (Phi) is 4.59. The third kappa shape index (κ3) is 3.34. The van der Waals surface area contributed by atoms with E-state index in [1.807, 2.05) is 30.3 Å². The lowest BCUT2D eigenvalue weighted by Gasteiger charge is -2.17. The molecule has 0 spiro atoms. The normalized spacial score (nSPS) is 13.2. The van der Waals surface area contributed by atoms with E-state index in [0.717, 1.165) is 5.69 Å². The number of nitrogens with two attached hydrogens (primary N) is 1. The van der Waals surface area contributed by atoms with Gasteiger partial charge < -0.3 is 5.73 Å². The van der Waals surface area contributed by atoms with Crippen molar-refractivity contribution in [3.8, 4) is 5.69 Å². The molecular weight excluding hydrogens is 430 g/mol. The van der Waals surface area contributed by atoms with Gasteiger partial charge in [-0.2, -0.15) is 5.10 Å². The number of rotatable bonds is 5. The summed E-state index contributed by atoms with van der Waals surface area (Å²) in [5, 5.41) is 4.19. The minimum atomic E-state index is -3.89. The zero-order valence-electron chi connectivity index (χ0n) is 16.6. The van der Waals surface area contributed by atoms with Gasteiger partial charge in [0.1, 0.15) is 23.8 Å². The number of nitrogens with zero attached hydrogens (tertiary/aromatic N) is 5.